The highest BCUT2D eigenvalue weighted by Gasteiger charge is 2.41. The van der Waals surface area contributed by atoms with E-state index < -0.39 is 19.9 Å². The first-order valence-electron chi connectivity index (χ1n) is 10.8. The molecule has 0 amide bonds. The van der Waals surface area contributed by atoms with Crippen molar-refractivity contribution < 1.29 is 26.3 Å². The fraction of sp³-hybridized carbons (Fsp3) is 0.714. The van der Waals surface area contributed by atoms with Gasteiger partial charge >= 0.3 is 0 Å². The molecule has 7 nitrogen and oxygen atoms in total. The largest absolute Gasteiger partial charge is 0.490 e. The van der Waals surface area contributed by atoms with Gasteiger partial charge < -0.3 is 9.47 Å². The second-order valence-electron chi connectivity index (χ2n) is 8.74. The lowest BCUT2D eigenvalue weighted by Gasteiger charge is -2.35. The van der Waals surface area contributed by atoms with Gasteiger partial charge in [-0.15, -0.1) is 0 Å². The summed E-state index contributed by atoms with van der Waals surface area (Å²) in [5, 5.41) is -0.132. The monoisotopic (exact) mass is 457 g/mol. The molecule has 0 atom stereocenters. The number of ether oxygens (including phenoxy) is 2. The van der Waals surface area contributed by atoms with Crippen molar-refractivity contribution in [3.8, 4) is 5.75 Å². The number of hydrogen-bond donors (Lipinski definition) is 0. The van der Waals surface area contributed by atoms with Crippen molar-refractivity contribution in [3.05, 3.63) is 24.3 Å². The molecule has 0 aromatic heterocycles. The molecule has 0 bridgehead atoms. The molecule has 0 N–H and O–H groups in total. The highest BCUT2D eigenvalue weighted by atomic mass is 32.2. The summed E-state index contributed by atoms with van der Waals surface area (Å²) >= 11 is 0. The van der Waals surface area contributed by atoms with Crippen molar-refractivity contribution in [2.75, 3.05) is 19.3 Å². The van der Waals surface area contributed by atoms with E-state index in [1.54, 1.807) is 28.6 Å². The maximum atomic E-state index is 12.3. The number of sulfone groups is 1. The van der Waals surface area contributed by atoms with Gasteiger partial charge in [-0.1, -0.05) is 0 Å². The van der Waals surface area contributed by atoms with E-state index in [-0.39, 0.29) is 23.6 Å². The average Bonchev–Trinajstić information content (AvgIpc) is 3.56. The predicted molar refractivity (Wildman–Crippen MR) is 114 cm³/mol. The zero-order valence-corrected chi connectivity index (χ0v) is 19.0. The Kier molecular flexibility index (Phi) is 6.44. The lowest BCUT2D eigenvalue weighted by atomic mass is 9.94. The first-order valence-corrected chi connectivity index (χ1v) is 14.2. The van der Waals surface area contributed by atoms with E-state index in [2.05, 4.69) is 0 Å². The highest BCUT2D eigenvalue weighted by molar-refractivity contribution is 7.90. The van der Waals surface area contributed by atoms with Gasteiger partial charge in [-0.2, -0.15) is 0 Å². The molecule has 0 unspecified atom stereocenters. The van der Waals surface area contributed by atoms with Crippen LogP contribution in [-0.2, 0) is 24.6 Å². The zero-order valence-electron chi connectivity index (χ0n) is 17.4. The third-order valence-electron chi connectivity index (χ3n) is 6.27. The van der Waals surface area contributed by atoms with Crippen LogP contribution in [0.4, 0.5) is 0 Å². The SMILES string of the molecule is CS(=O)(=O)c1ccc(O[C@H]2CC[C@H](OC3CCN(S(=O)(=O)C4CC4)CC3)CC2)cc1. The van der Waals surface area contributed by atoms with Gasteiger partial charge in [0.2, 0.25) is 10.0 Å². The van der Waals surface area contributed by atoms with Crippen LogP contribution in [0.5, 0.6) is 5.75 Å². The van der Waals surface area contributed by atoms with Crippen LogP contribution in [0.2, 0.25) is 0 Å². The van der Waals surface area contributed by atoms with Crippen LogP contribution >= 0.6 is 0 Å². The number of rotatable bonds is 7. The predicted octanol–water partition coefficient (Wildman–Crippen LogP) is 2.75. The Hall–Kier alpha value is -1.16. The van der Waals surface area contributed by atoms with Gasteiger partial charge in [-0.05, 0) is 75.6 Å². The number of hydrogen-bond acceptors (Lipinski definition) is 6. The van der Waals surface area contributed by atoms with E-state index in [0.717, 1.165) is 51.4 Å². The Morgan fingerprint density at radius 1 is 0.767 bits per heavy atom. The maximum Gasteiger partial charge on any atom is 0.216 e. The van der Waals surface area contributed by atoms with E-state index in [1.165, 1.54) is 6.26 Å². The second-order valence-corrected chi connectivity index (χ2v) is 13.0. The molecule has 4 rings (SSSR count). The number of benzene rings is 1. The molecule has 1 aromatic carbocycles. The summed E-state index contributed by atoms with van der Waals surface area (Å²) in [7, 11) is -6.26. The fourth-order valence-corrected chi connectivity index (χ4v) is 6.82. The second kappa shape index (κ2) is 8.76. The molecular weight excluding hydrogens is 426 g/mol. The average molecular weight is 458 g/mol. The Morgan fingerprint density at radius 3 is 1.83 bits per heavy atom. The zero-order chi connectivity index (χ0) is 21.4. The van der Waals surface area contributed by atoms with Gasteiger partial charge in [-0.25, -0.2) is 21.1 Å². The van der Waals surface area contributed by atoms with Crippen molar-refractivity contribution in [1.29, 1.82) is 0 Å². The molecule has 2 saturated carbocycles. The highest BCUT2D eigenvalue weighted by Crippen LogP contribution is 2.33. The quantitative estimate of drug-likeness (QED) is 0.625. The van der Waals surface area contributed by atoms with Gasteiger partial charge in [-0.3, -0.25) is 0 Å². The molecule has 168 valence electrons. The van der Waals surface area contributed by atoms with Crippen molar-refractivity contribution in [2.45, 2.75) is 79.8 Å². The Morgan fingerprint density at radius 2 is 1.30 bits per heavy atom. The molecule has 1 saturated heterocycles. The molecular formula is C21H31NO6S2. The minimum Gasteiger partial charge on any atom is -0.490 e. The molecule has 1 aliphatic heterocycles. The topological polar surface area (TPSA) is 90.0 Å². The molecule has 0 spiro atoms. The van der Waals surface area contributed by atoms with Crippen LogP contribution in [0.15, 0.2) is 29.2 Å². The van der Waals surface area contributed by atoms with E-state index in [9.17, 15) is 16.8 Å². The van der Waals surface area contributed by atoms with Crippen LogP contribution in [0, 0.1) is 0 Å². The van der Waals surface area contributed by atoms with Crippen molar-refractivity contribution in [1.82, 2.24) is 4.31 Å². The van der Waals surface area contributed by atoms with E-state index in [1.807, 2.05) is 0 Å². The van der Waals surface area contributed by atoms with Gasteiger partial charge in [0.05, 0.1) is 28.5 Å². The first kappa shape index (κ1) is 22.0. The fourth-order valence-electron chi connectivity index (χ4n) is 4.32. The summed E-state index contributed by atoms with van der Waals surface area (Å²) in [5.41, 5.74) is 0. The summed E-state index contributed by atoms with van der Waals surface area (Å²) in [6.45, 7) is 1.15. The standard InChI is InChI=1S/C21H31NO6S2/c1-29(23,24)20-8-6-18(7-9-20)27-16-2-4-17(5-3-16)28-19-12-14-22(15-13-19)30(25,26)21-10-11-21/h6-9,16-17,19,21H,2-5,10-15H2,1H3/t16-,17-. The lowest BCUT2D eigenvalue weighted by Crippen LogP contribution is -2.43. The van der Waals surface area contributed by atoms with Crippen molar-refractivity contribution in [2.24, 2.45) is 0 Å². The molecule has 3 aliphatic rings. The third kappa shape index (κ3) is 5.36. The van der Waals surface area contributed by atoms with Gasteiger partial charge in [0.25, 0.3) is 0 Å². The molecule has 2 aliphatic carbocycles. The summed E-state index contributed by atoms with van der Waals surface area (Å²) in [6, 6.07) is 6.58. The Bertz CT molecular complexity index is 924. The van der Waals surface area contributed by atoms with Crippen molar-refractivity contribution >= 4 is 19.9 Å². The van der Waals surface area contributed by atoms with Crippen LogP contribution in [0.25, 0.3) is 0 Å². The molecule has 1 aromatic rings. The minimum atomic E-state index is -3.20. The minimum absolute atomic E-state index is 0.111. The molecule has 30 heavy (non-hydrogen) atoms. The van der Waals surface area contributed by atoms with Gasteiger partial charge in [0.15, 0.2) is 9.84 Å². The summed E-state index contributed by atoms with van der Waals surface area (Å²) < 4.78 is 61.7. The van der Waals surface area contributed by atoms with Crippen molar-refractivity contribution in [3.63, 3.8) is 0 Å². The first-order chi connectivity index (χ1) is 14.2. The molecule has 9 heteroatoms. The lowest BCUT2D eigenvalue weighted by molar-refractivity contribution is -0.0603. The molecule has 0 radical (unpaired) electrons. The smallest absolute Gasteiger partial charge is 0.216 e. The van der Waals surface area contributed by atoms with Crippen LogP contribution in [0.3, 0.4) is 0 Å². The summed E-state index contributed by atoms with van der Waals surface area (Å²) in [5.74, 6) is 0.691. The van der Waals surface area contributed by atoms with Gasteiger partial charge in [0, 0.05) is 19.3 Å². The van der Waals surface area contributed by atoms with E-state index >= 15 is 0 Å². The number of nitrogens with zero attached hydrogens (tertiary/aromatic N) is 1. The Labute approximate surface area is 179 Å². The number of sulfonamides is 1. The maximum absolute atomic E-state index is 12.3. The molecule has 1 heterocycles. The van der Waals surface area contributed by atoms with E-state index in [4.69, 9.17) is 9.47 Å². The number of piperidine rings is 1. The normalized spacial score (nSPS) is 27.1. The van der Waals surface area contributed by atoms with E-state index in [0.29, 0.717) is 23.7 Å². The van der Waals surface area contributed by atoms with Gasteiger partial charge in [0.1, 0.15) is 5.75 Å². The van der Waals surface area contributed by atoms with Crippen LogP contribution < -0.4 is 4.74 Å². The summed E-state index contributed by atoms with van der Waals surface area (Å²) in [4.78, 5) is 0.294. The third-order valence-corrected chi connectivity index (χ3v) is 9.79. The Balaban J connectivity index is 1.19. The van der Waals surface area contributed by atoms with Crippen LogP contribution in [-0.4, -0.2) is 64.0 Å². The summed E-state index contributed by atoms with van der Waals surface area (Å²) in [6.07, 6.45) is 8.46. The molecule has 3 fully saturated rings. The van der Waals surface area contributed by atoms with Crippen LogP contribution in [0.1, 0.15) is 51.4 Å².